The van der Waals surface area contributed by atoms with E-state index >= 15 is 0 Å². The molecule has 0 spiro atoms. The smallest absolute Gasteiger partial charge is 0.127 e. The maximum Gasteiger partial charge on any atom is 0.127 e. The van der Waals surface area contributed by atoms with Gasteiger partial charge in [-0.15, -0.1) is 0 Å². The van der Waals surface area contributed by atoms with Crippen molar-refractivity contribution in [1.82, 2.24) is 0 Å². The molecule has 1 N–H and O–H groups in total. The van der Waals surface area contributed by atoms with Crippen LogP contribution in [0.15, 0.2) is 48.5 Å². The summed E-state index contributed by atoms with van der Waals surface area (Å²) in [6.07, 6.45) is 2.63. The van der Waals surface area contributed by atoms with E-state index in [4.69, 9.17) is 4.74 Å². The van der Waals surface area contributed by atoms with Gasteiger partial charge in [-0.3, -0.25) is 0 Å². The molecule has 18 heavy (non-hydrogen) atoms. The van der Waals surface area contributed by atoms with Gasteiger partial charge in [0.25, 0.3) is 0 Å². The van der Waals surface area contributed by atoms with Crippen LogP contribution in [0, 0.1) is 0 Å². The molecule has 0 fully saturated rings. The fourth-order valence-corrected chi connectivity index (χ4v) is 2.44. The molecule has 2 aromatic rings. The molecule has 0 radical (unpaired) electrons. The summed E-state index contributed by atoms with van der Waals surface area (Å²) in [6, 6.07) is 15.7. The largest absolute Gasteiger partial charge is 0.457 e. The molecule has 0 heterocycles. The van der Waals surface area contributed by atoms with Crippen LogP contribution >= 0.6 is 0 Å². The van der Waals surface area contributed by atoms with Crippen LogP contribution in [0.5, 0.6) is 11.5 Å². The Bertz CT molecular complexity index is 534. The number of hydrogen-bond donors (Lipinski definition) is 1. The Balaban J connectivity index is 1.88. The molecule has 1 atom stereocenters. The SMILES string of the molecule is O[C@@H]1CCCc2ccc(Oc3ccccc3)cc21. The molecular weight excluding hydrogens is 224 g/mol. The second-order valence-electron chi connectivity index (χ2n) is 4.68. The lowest BCUT2D eigenvalue weighted by molar-refractivity contribution is 0.156. The highest BCUT2D eigenvalue weighted by Gasteiger charge is 2.18. The Labute approximate surface area is 107 Å². The van der Waals surface area contributed by atoms with Crippen molar-refractivity contribution < 1.29 is 9.84 Å². The zero-order valence-electron chi connectivity index (χ0n) is 10.2. The van der Waals surface area contributed by atoms with Crippen molar-refractivity contribution in [2.75, 3.05) is 0 Å². The molecule has 0 aromatic heterocycles. The third-order valence-electron chi connectivity index (χ3n) is 3.38. The van der Waals surface area contributed by atoms with E-state index in [1.54, 1.807) is 0 Å². The summed E-state index contributed by atoms with van der Waals surface area (Å²) in [5.41, 5.74) is 2.27. The van der Waals surface area contributed by atoms with E-state index < -0.39 is 0 Å². The highest BCUT2D eigenvalue weighted by molar-refractivity contribution is 5.40. The molecule has 92 valence electrons. The van der Waals surface area contributed by atoms with Crippen LogP contribution in [-0.2, 0) is 6.42 Å². The highest BCUT2D eigenvalue weighted by Crippen LogP contribution is 2.33. The van der Waals surface area contributed by atoms with E-state index in [0.29, 0.717) is 0 Å². The fourth-order valence-electron chi connectivity index (χ4n) is 2.44. The van der Waals surface area contributed by atoms with Gasteiger partial charge < -0.3 is 9.84 Å². The van der Waals surface area contributed by atoms with E-state index in [2.05, 4.69) is 6.07 Å². The first-order valence-electron chi connectivity index (χ1n) is 6.37. The number of ether oxygens (including phenoxy) is 1. The van der Waals surface area contributed by atoms with Crippen molar-refractivity contribution in [1.29, 1.82) is 0 Å². The van der Waals surface area contributed by atoms with E-state index in [0.717, 1.165) is 36.3 Å². The molecule has 0 bridgehead atoms. The molecule has 1 aliphatic rings. The van der Waals surface area contributed by atoms with Gasteiger partial charge in [-0.1, -0.05) is 24.3 Å². The molecule has 0 amide bonds. The van der Waals surface area contributed by atoms with Gasteiger partial charge in [-0.05, 0) is 54.7 Å². The molecule has 0 saturated heterocycles. The lowest BCUT2D eigenvalue weighted by Crippen LogP contribution is -2.08. The Hall–Kier alpha value is -1.80. The molecule has 0 aliphatic heterocycles. The highest BCUT2D eigenvalue weighted by atomic mass is 16.5. The molecule has 1 aliphatic carbocycles. The number of benzene rings is 2. The van der Waals surface area contributed by atoms with Gasteiger partial charge in [-0.25, -0.2) is 0 Å². The Kier molecular flexibility index (Phi) is 3.03. The van der Waals surface area contributed by atoms with Crippen molar-refractivity contribution in [3.05, 3.63) is 59.7 Å². The van der Waals surface area contributed by atoms with Crippen LogP contribution in [0.4, 0.5) is 0 Å². The number of fused-ring (bicyclic) bond motifs is 1. The average molecular weight is 240 g/mol. The van der Waals surface area contributed by atoms with Crippen molar-refractivity contribution in [3.63, 3.8) is 0 Å². The van der Waals surface area contributed by atoms with E-state index in [1.165, 1.54) is 5.56 Å². The Morgan fingerprint density at radius 2 is 1.83 bits per heavy atom. The van der Waals surface area contributed by atoms with Crippen LogP contribution in [0.2, 0.25) is 0 Å². The number of hydrogen-bond acceptors (Lipinski definition) is 2. The summed E-state index contributed by atoms with van der Waals surface area (Å²) in [5.74, 6) is 1.61. The zero-order chi connectivity index (χ0) is 12.4. The van der Waals surface area contributed by atoms with Crippen molar-refractivity contribution in [3.8, 4) is 11.5 Å². The molecule has 3 rings (SSSR count). The summed E-state index contributed by atoms with van der Waals surface area (Å²) < 4.78 is 5.78. The first kappa shape index (κ1) is 11.3. The van der Waals surface area contributed by atoms with E-state index in [1.807, 2.05) is 42.5 Å². The predicted octanol–water partition coefficient (Wildman–Crippen LogP) is 3.85. The minimum absolute atomic E-state index is 0.340. The molecule has 0 saturated carbocycles. The first-order valence-corrected chi connectivity index (χ1v) is 6.37. The van der Waals surface area contributed by atoms with Gasteiger partial charge in [0.2, 0.25) is 0 Å². The molecule has 0 unspecified atom stereocenters. The van der Waals surface area contributed by atoms with Crippen LogP contribution in [0.3, 0.4) is 0 Å². The molecule has 2 aromatic carbocycles. The maximum absolute atomic E-state index is 10.00. The Morgan fingerprint density at radius 1 is 1.00 bits per heavy atom. The monoisotopic (exact) mass is 240 g/mol. The number of aryl methyl sites for hydroxylation is 1. The van der Waals surface area contributed by atoms with E-state index in [9.17, 15) is 5.11 Å². The zero-order valence-corrected chi connectivity index (χ0v) is 10.2. The second kappa shape index (κ2) is 4.83. The van der Waals surface area contributed by atoms with Gasteiger partial charge in [0.15, 0.2) is 0 Å². The van der Waals surface area contributed by atoms with Crippen molar-refractivity contribution in [2.24, 2.45) is 0 Å². The van der Waals surface area contributed by atoms with Crippen LogP contribution in [0.1, 0.15) is 30.1 Å². The summed E-state index contributed by atoms with van der Waals surface area (Å²) in [5, 5.41) is 10.00. The van der Waals surface area contributed by atoms with Crippen LogP contribution < -0.4 is 4.74 Å². The third kappa shape index (κ3) is 2.24. The number of rotatable bonds is 2. The van der Waals surface area contributed by atoms with Crippen molar-refractivity contribution >= 4 is 0 Å². The van der Waals surface area contributed by atoms with E-state index in [-0.39, 0.29) is 6.10 Å². The lowest BCUT2D eigenvalue weighted by atomic mass is 9.89. The molecule has 2 nitrogen and oxygen atoms in total. The maximum atomic E-state index is 10.00. The molecular formula is C16H16O2. The topological polar surface area (TPSA) is 29.5 Å². The standard InChI is InChI=1S/C16H16O2/c17-16-8-4-5-12-9-10-14(11-15(12)16)18-13-6-2-1-3-7-13/h1-3,6-7,9-11,16-17H,4-5,8H2/t16-/m1/s1. The van der Waals surface area contributed by atoms with Crippen molar-refractivity contribution in [2.45, 2.75) is 25.4 Å². The van der Waals surface area contributed by atoms with Gasteiger partial charge in [0, 0.05) is 0 Å². The summed E-state index contributed by atoms with van der Waals surface area (Å²) in [6.45, 7) is 0. The second-order valence-corrected chi connectivity index (χ2v) is 4.68. The quantitative estimate of drug-likeness (QED) is 0.864. The summed E-state index contributed by atoms with van der Waals surface area (Å²) in [4.78, 5) is 0. The lowest BCUT2D eigenvalue weighted by Gasteiger charge is -2.21. The average Bonchev–Trinajstić information content (AvgIpc) is 2.41. The Morgan fingerprint density at radius 3 is 2.67 bits per heavy atom. The van der Waals surface area contributed by atoms with Gasteiger partial charge in [-0.2, -0.15) is 0 Å². The van der Waals surface area contributed by atoms with Crippen LogP contribution in [0.25, 0.3) is 0 Å². The number of aliphatic hydroxyl groups is 1. The number of para-hydroxylation sites is 1. The minimum Gasteiger partial charge on any atom is -0.457 e. The first-order chi connectivity index (χ1) is 8.83. The minimum atomic E-state index is -0.340. The third-order valence-corrected chi connectivity index (χ3v) is 3.38. The predicted molar refractivity (Wildman–Crippen MR) is 70.9 cm³/mol. The fraction of sp³-hybridized carbons (Fsp3) is 0.250. The van der Waals surface area contributed by atoms with Gasteiger partial charge in [0.1, 0.15) is 11.5 Å². The van der Waals surface area contributed by atoms with Gasteiger partial charge >= 0.3 is 0 Å². The molecule has 2 heteroatoms. The normalized spacial score (nSPS) is 18.2. The summed E-state index contributed by atoms with van der Waals surface area (Å²) >= 11 is 0. The van der Waals surface area contributed by atoms with Crippen LogP contribution in [-0.4, -0.2) is 5.11 Å². The number of aliphatic hydroxyl groups excluding tert-OH is 1. The van der Waals surface area contributed by atoms with Gasteiger partial charge in [0.05, 0.1) is 6.10 Å². The summed E-state index contributed by atoms with van der Waals surface area (Å²) in [7, 11) is 0.